The molecule has 1 fully saturated rings. The van der Waals surface area contributed by atoms with Crippen molar-refractivity contribution in [3.8, 4) is 0 Å². The van der Waals surface area contributed by atoms with Gasteiger partial charge in [-0.2, -0.15) is 0 Å². The lowest BCUT2D eigenvalue weighted by atomic mass is 10.1. The minimum atomic E-state index is 0.154. The molecule has 3 heteroatoms. The number of pyridine rings is 1. The van der Waals surface area contributed by atoms with Gasteiger partial charge in [0.2, 0.25) is 0 Å². The second kappa shape index (κ2) is 7.37. The van der Waals surface area contributed by atoms with Crippen LogP contribution in [0.4, 0.5) is 0 Å². The van der Waals surface area contributed by atoms with Crippen molar-refractivity contribution in [1.29, 1.82) is 0 Å². The van der Waals surface area contributed by atoms with E-state index in [0.29, 0.717) is 0 Å². The van der Waals surface area contributed by atoms with Gasteiger partial charge >= 0.3 is 0 Å². The second-order valence-corrected chi connectivity index (χ2v) is 7.32. The van der Waals surface area contributed by atoms with Gasteiger partial charge in [-0.15, -0.1) is 0 Å². The summed E-state index contributed by atoms with van der Waals surface area (Å²) in [6.07, 6.45) is 7.34. The number of nitrogens with one attached hydrogen (secondary N) is 1. The Morgan fingerprint density at radius 2 is 2.05 bits per heavy atom. The van der Waals surface area contributed by atoms with Crippen molar-refractivity contribution < 1.29 is 0 Å². The smallest absolute Gasteiger partial charge is 0.0544 e. The minimum absolute atomic E-state index is 0.154. The van der Waals surface area contributed by atoms with E-state index in [-0.39, 0.29) is 5.54 Å². The van der Waals surface area contributed by atoms with Crippen LogP contribution in [0, 0.1) is 0 Å². The first-order valence-corrected chi connectivity index (χ1v) is 8.41. The van der Waals surface area contributed by atoms with Crippen molar-refractivity contribution in [2.75, 3.05) is 6.54 Å². The normalized spacial score (nSPS) is 15.7. The molecule has 0 atom stereocenters. The Balaban J connectivity index is 1.85. The molecule has 1 saturated carbocycles. The summed E-state index contributed by atoms with van der Waals surface area (Å²) in [5.74, 6) is 0. The summed E-state index contributed by atoms with van der Waals surface area (Å²) in [5.41, 5.74) is 2.62. The fraction of sp³-hybridized carbons (Fsp3) is 0.722. The molecule has 0 aromatic carbocycles. The predicted molar refractivity (Wildman–Crippen MR) is 89.2 cm³/mol. The van der Waals surface area contributed by atoms with Gasteiger partial charge in [-0.25, -0.2) is 0 Å². The number of hydrogen-bond acceptors (Lipinski definition) is 3. The first-order chi connectivity index (χ1) is 9.98. The van der Waals surface area contributed by atoms with E-state index in [1.54, 1.807) is 0 Å². The van der Waals surface area contributed by atoms with Gasteiger partial charge in [0.1, 0.15) is 0 Å². The number of hydrogen-bond donors (Lipinski definition) is 1. The summed E-state index contributed by atoms with van der Waals surface area (Å²) in [4.78, 5) is 7.27. The lowest BCUT2D eigenvalue weighted by Gasteiger charge is -2.22. The molecule has 1 aliphatic rings. The topological polar surface area (TPSA) is 28.2 Å². The lowest BCUT2D eigenvalue weighted by molar-refractivity contribution is 0.248. The molecule has 0 aliphatic heterocycles. The van der Waals surface area contributed by atoms with Gasteiger partial charge in [-0.05, 0) is 58.2 Å². The maximum atomic E-state index is 4.66. The van der Waals surface area contributed by atoms with E-state index in [0.717, 1.165) is 19.1 Å². The molecule has 0 unspecified atom stereocenters. The van der Waals surface area contributed by atoms with Crippen LogP contribution in [-0.4, -0.2) is 28.0 Å². The van der Waals surface area contributed by atoms with Crippen molar-refractivity contribution in [2.45, 2.75) is 78.0 Å². The third-order valence-electron chi connectivity index (χ3n) is 3.94. The van der Waals surface area contributed by atoms with Crippen molar-refractivity contribution in [3.63, 3.8) is 0 Å². The van der Waals surface area contributed by atoms with Crippen LogP contribution in [0.15, 0.2) is 18.3 Å². The molecule has 0 spiro atoms. The van der Waals surface area contributed by atoms with Crippen molar-refractivity contribution >= 4 is 0 Å². The van der Waals surface area contributed by atoms with E-state index in [2.05, 4.69) is 55.0 Å². The molecule has 3 nitrogen and oxygen atoms in total. The van der Waals surface area contributed by atoms with Crippen molar-refractivity contribution in [1.82, 2.24) is 15.2 Å². The third kappa shape index (κ3) is 6.15. The number of nitrogens with zero attached hydrogens (tertiary/aromatic N) is 2. The Kier molecular flexibility index (Phi) is 5.77. The molecule has 1 N–H and O–H groups in total. The summed E-state index contributed by atoms with van der Waals surface area (Å²) < 4.78 is 0. The fourth-order valence-electron chi connectivity index (χ4n) is 2.42. The molecule has 21 heavy (non-hydrogen) atoms. The zero-order valence-electron chi connectivity index (χ0n) is 14.2. The van der Waals surface area contributed by atoms with Gasteiger partial charge < -0.3 is 5.32 Å². The van der Waals surface area contributed by atoms with E-state index in [4.69, 9.17) is 0 Å². The molecule has 0 bridgehead atoms. The first-order valence-electron chi connectivity index (χ1n) is 8.41. The standard InChI is InChI=1S/C18H31N3/c1-5-6-11-21(17-9-10-17)14-16-8-7-15(12-19-16)13-20-18(2,3)4/h7-8,12,17,20H,5-6,9-11,13-14H2,1-4H3. The molecule has 118 valence electrons. The van der Waals surface area contributed by atoms with E-state index in [9.17, 15) is 0 Å². The summed E-state index contributed by atoms with van der Waals surface area (Å²) in [5, 5.41) is 3.50. The van der Waals surface area contributed by atoms with Gasteiger partial charge in [0.05, 0.1) is 5.69 Å². The average molecular weight is 289 g/mol. The molecule has 1 heterocycles. The van der Waals surface area contributed by atoms with Crippen LogP contribution in [-0.2, 0) is 13.1 Å². The van der Waals surface area contributed by atoms with Gasteiger partial charge in [-0.3, -0.25) is 9.88 Å². The van der Waals surface area contributed by atoms with Crippen LogP contribution < -0.4 is 5.32 Å². The Hall–Kier alpha value is -0.930. The summed E-state index contributed by atoms with van der Waals surface area (Å²) in [7, 11) is 0. The zero-order valence-corrected chi connectivity index (χ0v) is 14.2. The fourth-order valence-corrected chi connectivity index (χ4v) is 2.42. The highest BCUT2D eigenvalue weighted by Gasteiger charge is 2.28. The van der Waals surface area contributed by atoms with E-state index in [1.165, 1.54) is 43.5 Å². The number of unbranched alkanes of at least 4 members (excludes halogenated alkanes) is 1. The predicted octanol–water partition coefficient (Wildman–Crippen LogP) is 3.73. The second-order valence-electron chi connectivity index (χ2n) is 7.32. The van der Waals surface area contributed by atoms with Crippen LogP contribution >= 0.6 is 0 Å². The highest BCUT2D eigenvalue weighted by atomic mass is 15.2. The number of aromatic nitrogens is 1. The van der Waals surface area contributed by atoms with Crippen LogP contribution in [0.5, 0.6) is 0 Å². The maximum Gasteiger partial charge on any atom is 0.0544 e. The first kappa shape index (κ1) is 16.4. The highest BCUT2D eigenvalue weighted by Crippen LogP contribution is 2.28. The molecule has 1 aromatic rings. The van der Waals surface area contributed by atoms with Crippen LogP contribution in [0.2, 0.25) is 0 Å². The van der Waals surface area contributed by atoms with Crippen LogP contribution in [0.25, 0.3) is 0 Å². The lowest BCUT2D eigenvalue weighted by Crippen LogP contribution is -2.35. The Morgan fingerprint density at radius 1 is 1.29 bits per heavy atom. The van der Waals surface area contributed by atoms with E-state index >= 15 is 0 Å². The van der Waals surface area contributed by atoms with Gasteiger partial charge in [0, 0.05) is 30.9 Å². The largest absolute Gasteiger partial charge is 0.308 e. The molecular weight excluding hydrogens is 258 g/mol. The summed E-state index contributed by atoms with van der Waals surface area (Å²) in [6.45, 7) is 12.0. The van der Waals surface area contributed by atoms with Gasteiger partial charge in [0.15, 0.2) is 0 Å². The maximum absolute atomic E-state index is 4.66. The van der Waals surface area contributed by atoms with Crippen molar-refractivity contribution in [2.24, 2.45) is 0 Å². The minimum Gasteiger partial charge on any atom is -0.308 e. The summed E-state index contributed by atoms with van der Waals surface area (Å²) >= 11 is 0. The molecule has 1 aromatic heterocycles. The zero-order chi connectivity index (χ0) is 15.3. The quantitative estimate of drug-likeness (QED) is 0.790. The van der Waals surface area contributed by atoms with E-state index < -0.39 is 0 Å². The van der Waals surface area contributed by atoms with Gasteiger partial charge in [0.25, 0.3) is 0 Å². The van der Waals surface area contributed by atoms with Crippen LogP contribution in [0.1, 0.15) is 64.6 Å². The number of rotatable bonds is 8. The molecule has 0 amide bonds. The third-order valence-corrected chi connectivity index (χ3v) is 3.94. The Morgan fingerprint density at radius 3 is 2.57 bits per heavy atom. The van der Waals surface area contributed by atoms with Gasteiger partial charge in [-0.1, -0.05) is 19.4 Å². The Labute approximate surface area is 130 Å². The Bertz CT molecular complexity index is 415. The highest BCUT2D eigenvalue weighted by molar-refractivity contribution is 5.14. The van der Waals surface area contributed by atoms with E-state index in [1.807, 2.05) is 6.20 Å². The SMILES string of the molecule is CCCCN(Cc1ccc(CNC(C)(C)C)cn1)C1CC1. The molecule has 0 radical (unpaired) electrons. The molecule has 1 aliphatic carbocycles. The van der Waals surface area contributed by atoms with Crippen LogP contribution in [0.3, 0.4) is 0 Å². The van der Waals surface area contributed by atoms with Crippen molar-refractivity contribution in [3.05, 3.63) is 29.6 Å². The monoisotopic (exact) mass is 289 g/mol. The average Bonchev–Trinajstić information content (AvgIpc) is 3.26. The molecule has 0 saturated heterocycles. The summed E-state index contributed by atoms with van der Waals surface area (Å²) in [6, 6.07) is 5.23. The molecular formula is C18H31N3. The molecule has 2 rings (SSSR count).